The minimum atomic E-state index is -0.534. The zero-order valence-electron chi connectivity index (χ0n) is 17.4. The van der Waals surface area contributed by atoms with Crippen molar-refractivity contribution in [3.8, 4) is 11.5 Å². The highest BCUT2D eigenvalue weighted by molar-refractivity contribution is 5.95. The second kappa shape index (κ2) is 9.90. The summed E-state index contributed by atoms with van der Waals surface area (Å²) in [5.41, 5.74) is 0.515. The number of benzene rings is 2. The van der Waals surface area contributed by atoms with Crippen LogP contribution in [0.25, 0.3) is 0 Å². The second-order valence-corrected chi connectivity index (χ2v) is 6.96. The van der Waals surface area contributed by atoms with Crippen molar-refractivity contribution in [3.05, 3.63) is 58.1 Å². The summed E-state index contributed by atoms with van der Waals surface area (Å²) in [6, 6.07) is 11.0. The molecule has 0 spiro atoms. The monoisotopic (exact) mass is 428 g/mol. The molecule has 10 heteroatoms. The molecule has 1 aliphatic heterocycles. The average Bonchev–Trinajstić information content (AvgIpc) is 2.78. The molecular weight excluding hydrogens is 404 g/mol. The number of carbonyl (C=O) groups excluding carboxylic acids is 2. The molecule has 164 valence electrons. The van der Waals surface area contributed by atoms with Crippen molar-refractivity contribution in [1.82, 2.24) is 9.80 Å². The molecule has 0 saturated carbocycles. The summed E-state index contributed by atoms with van der Waals surface area (Å²) in [4.78, 5) is 39.3. The van der Waals surface area contributed by atoms with Crippen LogP contribution in [0.15, 0.2) is 42.5 Å². The van der Waals surface area contributed by atoms with Crippen molar-refractivity contribution in [2.24, 2.45) is 0 Å². The van der Waals surface area contributed by atoms with E-state index in [-0.39, 0.29) is 29.7 Å². The normalized spacial score (nSPS) is 14.1. The molecule has 1 aliphatic rings. The van der Waals surface area contributed by atoms with Crippen LogP contribution in [0.2, 0.25) is 0 Å². The number of methoxy groups -OCH3 is 2. The van der Waals surface area contributed by atoms with Crippen LogP contribution < -0.4 is 14.8 Å². The van der Waals surface area contributed by atoms with Gasteiger partial charge in [-0.05, 0) is 24.3 Å². The number of hydrogen-bond acceptors (Lipinski definition) is 7. The van der Waals surface area contributed by atoms with E-state index in [2.05, 4.69) is 5.32 Å². The number of ether oxygens (including phenoxy) is 2. The van der Waals surface area contributed by atoms with Crippen molar-refractivity contribution in [2.75, 3.05) is 52.3 Å². The van der Waals surface area contributed by atoms with Gasteiger partial charge in [0.25, 0.3) is 11.6 Å². The van der Waals surface area contributed by atoms with E-state index in [0.717, 1.165) is 0 Å². The van der Waals surface area contributed by atoms with Crippen molar-refractivity contribution in [2.45, 2.75) is 0 Å². The summed E-state index contributed by atoms with van der Waals surface area (Å²) in [6.45, 7) is 2.05. The first-order valence-electron chi connectivity index (χ1n) is 9.70. The van der Waals surface area contributed by atoms with E-state index < -0.39 is 4.92 Å². The molecule has 1 fully saturated rings. The number of nitrogens with zero attached hydrogens (tertiary/aromatic N) is 3. The molecule has 1 N–H and O–H groups in total. The van der Waals surface area contributed by atoms with Crippen molar-refractivity contribution >= 4 is 23.2 Å². The Morgan fingerprint density at radius 3 is 2.35 bits per heavy atom. The molecule has 0 aromatic heterocycles. The number of anilines is 1. The molecule has 0 bridgehead atoms. The van der Waals surface area contributed by atoms with Crippen LogP contribution in [0, 0.1) is 10.1 Å². The SMILES string of the molecule is COc1ccc(C(=O)N2CCN(CC(=O)Nc3ccccc3[N+](=O)[O-])CC2)cc1OC. The smallest absolute Gasteiger partial charge is 0.292 e. The zero-order chi connectivity index (χ0) is 22.4. The average molecular weight is 428 g/mol. The van der Waals surface area contributed by atoms with E-state index in [1.807, 2.05) is 4.90 Å². The van der Waals surface area contributed by atoms with Gasteiger partial charge in [0, 0.05) is 37.8 Å². The standard InChI is InChI=1S/C21H24N4O6/c1-30-18-8-7-15(13-19(18)31-2)21(27)24-11-9-23(10-12-24)14-20(26)22-16-5-3-4-6-17(16)25(28)29/h3-8,13H,9-12,14H2,1-2H3,(H,22,26). The van der Waals surface area contributed by atoms with Crippen molar-refractivity contribution in [1.29, 1.82) is 0 Å². The van der Waals surface area contributed by atoms with Gasteiger partial charge >= 0.3 is 0 Å². The Bertz CT molecular complexity index is 972. The number of para-hydroxylation sites is 2. The van der Waals surface area contributed by atoms with Gasteiger partial charge in [0.15, 0.2) is 11.5 Å². The van der Waals surface area contributed by atoms with Gasteiger partial charge in [0.1, 0.15) is 5.69 Å². The first kappa shape index (κ1) is 22.0. The predicted molar refractivity (Wildman–Crippen MR) is 114 cm³/mol. The molecule has 3 rings (SSSR count). The summed E-state index contributed by atoms with van der Waals surface area (Å²) in [7, 11) is 3.05. The molecule has 0 unspecified atom stereocenters. The molecule has 2 aromatic carbocycles. The van der Waals surface area contributed by atoms with Crippen molar-refractivity contribution < 1.29 is 24.0 Å². The van der Waals surface area contributed by atoms with Gasteiger partial charge in [0.05, 0.1) is 25.7 Å². The molecule has 0 atom stereocenters. The number of piperazine rings is 1. The fourth-order valence-electron chi connectivity index (χ4n) is 3.39. The predicted octanol–water partition coefficient (Wildman–Crippen LogP) is 2.01. The fraction of sp³-hybridized carbons (Fsp3) is 0.333. The number of hydrogen-bond donors (Lipinski definition) is 1. The quantitative estimate of drug-likeness (QED) is 0.530. The molecule has 31 heavy (non-hydrogen) atoms. The molecule has 2 amide bonds. The molecular formula is C21H24N4O6. The van der Waals surface area contributed by atoms with Gasteiger partial charge in [-0.15, -0.1) is 0 Å². The van der Waals surface area contributed by atoms with Gasteiger partial charge in [-0.25, -0.2) is 0 Å². The highest BCUT2D eigenvalue weighted by atomic mass is 16.6. The van der Waals surface area contributed by atoms with Crippen LogP contribution in [-0.4, -0.2) is 73.5 Å². The first-order valence-corrected chi connectivity index (χ1v) is 9.70. The molecule has 1 heterocycles. The van der Waals surface area contributed by atoms with Gasteiger partial charge in [-0.2, -0.15) is 0 Å². The van der Waals surface area contributed by atoms with E-state index in [1.165, 1.54) is 26.4 Å². The highest BCUT2D eigenvalue weighted by Gasteiger charge is 2.24. The Hall–Kier alpha value is -3.66. The number of amides is 2. The van der Waals surface area contributed by atoms with Crippen molar-refractivity contribution in [3.63, 3.8) is 0 Å². The van der Waals surface area contributed by atoms with Crippen LogP contribution in [0.3, 0.4) is 0 Å². The van der Waals surface area contributed by atoms with E-state index in [9.17, 15) is 19.7 Å². The number of nitro benzene ring substituents is 1. The van der Waals surface area contributed by atoms with Gasteiger partial charge in [-0.1, -0.05) is 12.1 Å². The van der Waals surface area contributed by atoms with E-state index >= 15 is 0 Å². The zero-order valence-corrected chi connectivity index (χ0v) is 17.4. The minimum Gasteiger partial charge on any atom is -0.493 e. The fourth-order valence-corrected chi connectivity index (χ4v) is 3.39. The lowest BCUT2D eigenvalue weighted by Gasteiger charge is -2.34. The summed E-state index contributed by atoms with van der Waals surface area (Å²) in [5.74, 6) is 0.575. The van der Waals surface area contributed by atoms with Crippen LogP contribution in [0.5, 0.6) is 11.5 Å². The van der Waals surface area contributed by atoms with E-state index in [0.29, 0.717) is 43.2 Å². The van der Waals surface area contributed by atoms with Crippen LogP contribution in [-0.2, 0) is 4.79 Å². The molecule has 1 saturated heterocycles. The topological polar surface area (TPSA) is 114 Å². The lowest BCUT2D eigenvalue weighted by molar-refractivity contribution is -0.383. The Balaban J connectivity index is 1.54. The number of nitrogens with one attached hydrogen (secondary N) is 1. The number of nitro groups is 1. The summed E-state index contributed by atoms with van der Waals surface area (Å²) >= 11 is 0. The minimum absolute atomic E-state index is 0.0877. The first-order chi connectivity index (χ1) is 14.9. The third-order valence-corrected chi connectivity index (χ3v) is 5.03. The lowest BCUT2D eigenvalue weighted by Crippen LogP contribution is -2.50. The number of rotatable bonds is 7. The Morgan fingerprint density at radius 1 is 1.03 bits per heavy atom. The molecule has 0 radical (unpaired) electrons. The summed E-state index contributed by atoms with van der Waals surface area (Å²) in [5, 5.41) is 13.7. The maximum absolute atomic E-state index is 12.8. The Kier molecular flexibility index (Phi) is 7.03. The third-order valence-electron chi connectivity index (χ3n) is 5.03. The lowest BCUT2D eigenvalue weighted by atomic mass is 10.1. The molecule has 2 aromatic rings. The van der Waals surface area contributed by atoms with E-state index in [4.69, 9.17) is 9.47 Å². The second-order valence-electron chi connectivity index (χ2n) is 6.96. The van der Waals surface area contributed by atoms with Gasteiger partial charge < -0.3 is 19.7 Å². The Labute approximate surface area is 179 Å². The molecule has 10 nitrogen and oxygen atoms in total. The largest absolute Gasteiger partial charge is 0.493 e. The van der Waals surface area contributed by atoms with Gasteiger partial charge in [0.2, 0.25) is 5.91 Å². The third kappa shape index (κ3) is 5.28. The van der Waals surface area contributed by atoms with E-state index in [1.54, 1.807) is 35.2 Å². The van der Waals surface area contributed by atoms with Crippen LogP contribution >= 0.6 is 0 Å². The summed E-state index contributed by atoms with van der Waals surface area (Å²) < 4.78 is 10.5. The van der Waals surface area contributed by atoms with Gasteiger partial charge in [-0.3, -0.25) is 24.6 Å². The molecule has 0 aliphatic carbocycles. The summed E-state index contributed by atoms with van der Waals surface area (Å²) in [6.07, 6.45) is 0. The van der Waals surface area contributed by atoms with Crippen LogP contribution in [0.1, 0.15) is 10.4 Å². The Morgan fingerprint density at radius 2 is 1.71 bits per heavy atom. The number of carbonyl (C=O) groups is 2. The maximum Gasteiger partial charge on any atom is 0.292 e. The highest BCUT2D eigenvalue weighted by Crippen LogP contribution is 2.28. The van der Waals surface area contributed by atoms with Crippen LogP contribution in [0.4, 0.5) is 11.4 Å². The maximum atomic E-state index is 12.8.